The third-order valence-corrected chi connectivity index (χ3v) is 5.96. The highest BCUT2D eigenvalue weighted by Crippen LogP contribution is 2.34. The molecule has 0 amide bonds. The quantitative estimate of drug-likeness (QED) is 0.603. The number of aromatic nitrogens is 2. The van der Waals surface area contributed by atoms with Crippen molar-refractivity contribution in [2.24, 2.45) is 0 Å². The van der Waals surface area contributed by atoms with E-state index in [1.807, 2.05) is 11.0 Å². The van der Waals surface area contributed by atoms with Crippen LogP contribution in [0.25, 0.3) is 10.6 Å². The molecule has 1 aliphatic rings. The standard InChI is InChI=1S/C21H20F2N4O2S/c22-14-4-1-5-15(23)18(14)21-26-19(20(24)30-21)17(29)9-12-10-25-7-6-16(12)27-8-2-3-13(28)11-27/h1,4-7,10,13,28H,2-3,8-9,11,24H2/t13-/m0/s1. The van der Waals surface area contributed by atoms with E-state index in [0.717, 1.165) is 48.5 Å². The molecule has 156 valence electrons. The number of nitrogens with two attached hydrogens (primary N) is 1. The van der Waals surface area contributed by atoms with Crippen LogP contribution in [-0.4, -0.2) is 40.1 Å². The van der Waals surface area contributed by atoms with Gasteiger partial charge >= 0.3 is 0 Å². The Morgan fingerprint density at radius 1 is 1.30 bits per heavy atom. The number of β-amino-alcohol motifs (C(OH)–C–C–N with tert-alkyl or cyclic N) is 1. The van der Waals surface area contributed by atoms with Crippen LogP contribution in [0, 0.1) is 11.6 Å². The van der Waals surface area contributed by atoms with Gasteiger partial charge in [-0.25, -0.2) is 13.8 Å². The number of Topliss-reactive ketones (excluding diaryl/α,β-unsaturated/α-hetero) is 1. The molecule has 0 aliphatic carbocycles. The number of carbonyl (C=O) groups is 1. The third-order valence-electron chi connectivity index (χ3n) is 5.06. The van der Waals surface area contributed by atoms with E-state index in [4.69, 9.17) is 5.73 Å². The molecular weight excluding hydrogens is 410 g/mol. The van der Waals surface area contributed by atoms with Crippen LogP contribution in [0.5, 0.6) is 0 Å². The molecule has 1 saturated heterocycles. The molecule has 30 heavy (non-hydrogen) atoms. The maximum atomic E-state index is 14.1. The summed E-state index contributed by atoms with van der Waals surface area (Å²) in [6.45, 7) is 1.26. The second-order valence-electron chi connectivity index (χ2n) is 7.17. The SMILES string of the molecule is Nc1sc(-c2c(F)cccc2F)nc1C(=O)Cc1cnccc1N1CCC[C@H](O)C1. The molecule has 4 rings (SSSR count). The second-order valence-corrected chi connectivity index (χ2v) is 8.21. The zero-order valence-electron chi connectivity index (χ0n) is 16.0. The van der Waals surface area contributed by atoms with Crippen molar-refractivity contribution in [1.29, 1.82) is 0 Å². The number of thiazole rings is 1. The Labute approximate surface area is 176 Å². The first-order valence-corrected chi connectivity index (χ1v) is 10.4. The van der Waals surface area contributed by atoms with Gasteiger partial charge in [-0.1, -0.05) is 17.4 Å². The molecule has 6 nitrogen and oxygen atoms in total. The van der Waals surface area contributed by atoms with Crippen molar-refractivity contribution in [1.82, 2.24) is 9.97 Å². The van der Waals surface area contributed by atoms with Crippen LogP contribution in [0.1, 0.15) is 28.9 Å². The summed E-state index contributed by atoms with van der Waals surface area (Å²) >= 11 is 0.874. The van der Waals surface area contributed by atoms with Crippen LogP contribution in [0.3, 0.4) is 0 Å². The van der Waals surface area contributed by atoms with E-state index in [1.54, 1.807) is 12.4 Å². The Hall–Kier alpha value is -2.91. The number of pyridine rings is 1. The Balaban J connectivity index is 1.61. The maximum Gasteiger partial charge on any atom is 0.188 e. The lowest BCUT2D eigenvalue weighted by Crippen LogP contribution is -2.38. The molecule has 0 radical (unpaired) electrons. The maximum absolute atomic E-state index is 14.1. The van der Waals surface area contributed by atoms with E-state index in [0.29, 0.717) is 12.1 Å². The normalized spacial score (nSPS) is 16.6. The molecule has 3 heterocycles. The number of hydrogen-bond donors (Lipinski definition) is 2. The number of halogens is 2. The fraction of sp³-hybridized carbons (Fsp3) is 0.286. The van der Waals surface area contributed by atoms with Crippen LogP contribution < -0.4 is 10.6 Å². The monoisotopic (exact) mass is 430 g/mol. The van der Waals surface area contributed by atoms with Crippen LogP contribution in [0.4, 0.5) is 19.5 Å². The zero-order valence-corrected chi connectivity index (χ0v) is 16.8. The molecule has 1 aliphatic heterocycles. The van der Waals surface area contributed by atoms with Gasteiger partial charge in [0.2, 0.25) is 0 Å². The molecule has 1 fully saturated rings. The van der Waals surface area contributed by atoms with Gasteiger partial charge in [0.25, 0.3) is 0 Å². The van der Waals surface area contributed by atoms with Crippen molar-refractivity contribution in [3.05, 3.63) is 59.6 Å². The number of aliphatic hydroxyl groups excluding tert-OH is 1. The average Bonchev–Trinajstić information content (AvgIpc) is 3.09. The van der Waals surface area contributed by atoms with E-state index in [2.05, 4.69) is 9.97 Å². The van der Waals surface area contributed by atoms with Gasteiger partial charge in [0, 0.05) is 43.2 Å². The molecular formula is C21H20F2N4O2S. The minimum Gasteiger partial charge on any atom is -0.391 e. The van der Waals surface area contributed by atoms with Gasteiger partial charge in [0.15, 0.2) is 5.78 Å². The van der Waals surface area contributed by atoms with Crippen molar-refractivity contribution in [3.8, 4) is 10.6 Å². The number of aliphatic hydroxyl groups is 1. The van der Waals surface area contributed by atoms with Gasteiger partial charge < -0.3 is 15.7 Å². The Kier molecular flexibility index (Phi) is 5.74. The van der Waals surface area contributed by atoms with Crippen molar-refractivity contribution in [2.45, 2.75) is 25.4 Å². The number of anilines is 2. The first-order valence-electron chi connectivity index (χ1n) is 9.54. The van der Waals surface area contributed by atoms with Gasteiger partial charge in [-0.2, -0.15) is 0 Å². The Morgan fingerprint density at radius 3 is 2.80 bits per heavy atom. The van der Waals surface area contributed by atoms with Crippen LogP contribution in [0.2, 0.25) is 0 Å². The van der Waals surface area contributed by atoms with Gasteiger partial charge in [0.05, 0.1) is 11.7 Å². The minimum atomic E-state index is -0.763. The second kappa shape index (κ2) is 8.45. The summed E-state index contributed by atoms with van der Waals surface area (Å²) in [5.41, 5.74) is 7.17. The van der Waals surface area contributed by atoms with Crippen LogP contribution >= 0.6 is 11.3 Å². The predicted molar refractivity (Wildman–Crippen MR) is 112 cm³/mol. The summed E-state index contributed by atoms with van der Waals surface area (Å²) in [6, 6.07) is 5.34. The molecule has 2 aromatic heterocycles. The van der Waals surface area contributed by atoms with E-state index >= 15 is 0 Å². The highest BCUT2D eigenvalue weighted by Gasteiger charge is 2.24. The van der Waals surface area contributed by atoms with Crippen molar-refractivity contribution in [3.63, 3.8) is 0 Å². The molecule has 0 unspecified atom stereocenters. The molecule has 3 aromatic rings. The number of benzene rings is 1. The van der Waals surface area contributed by atoms with Crippen LogP contribution in [-0.2, 0) is 6.42 Å². The van der Waals surface area contributed by atoms with E-state index in [1.165, 1.54) is 6.07 Å². The summed E-state index contributed by atoms with van der Waals surface area (Å²) < 4.78 is 28.2. The van der Waals surface area contributed by atoms with E-state index in [9.17, 15) is 18.7 Å². The summed E-state index contributed by atoms with van der Waals surface area (Å²) in [5, 5.41) is 10.1. The Morgan fingerprint density at radius 2 is 2.07 bits per heavy atom. The summed E-state index contributed by atoms with van der Waals surface area (Å²) in [7, 11) is 0. The third kappa shape index (κ3) is 4.03. The van der Waals surface area contributed by atoms with E-state index < -0.39 is 17.7 Å². The smallest absolute Gasteiger partial charge is 0.188 e. The predicted octanol–water partition coefficient (Wildman–Crippen LogP) is 3.45. The molecule has 0 bridgehead atoms. The lowest BCUT2D eigenvalue weighted by atomic mass is 10.0. The summed E-state index contributed by atoms with van der Waals surface area (Å²) in [4.78, 5) is 23.2. The fourth-order valence-corrected chi connectivity index (χ4v) is 4.53. The summed E-state index contributed by atoms with van der Waals surface area (Å²) in [6.07, 6.45) is 4.43. The van der Waals surface area contributed by atoms with Crippen molar-refractivity contribution >= 4 is 27.8 Å². The zero-order chi connectivity index (χ0) is 21.3. The largest absolute Gasteiger partial charge is 0.391 e. The van der Waals surface area contributed by atoms with Crippen LogP contribution in [0.15, 0.2) is 36.7 Å². The average molecular weight is 430 g/mol. The van der Waals surface area contributed by atoms with Crippen molar-refractivity contribution < 1.29 is 18.7 Å². The molecule has 3 N–H and O–H groups in total. The van der Waals surface area contributed by atoms with Gasteiger partial charge in [-0.15, -0.1) is 0 Å². The molecule has 1 atom stereocenters. The molecule has 9 heteroatoms. The lowest BCUT2D eigenvalue weighted by molar-refractivity contribution is 0.0989. The molecule has 1 aromatic carbocycles. The topological polar surface area (TPSA) is 92.3 Å². The highest BCUT2D eigenvalue weighted by molar-refractivity contribution is 7.19. The number of nitrogen functional groups attached to an aromatic ring is 1. The Bertz CT molecular complexity index is 1070. The fourth-order valence-electron chi connectivity index (χ4n) is 3.64. The summed E-state index contributed by atoms with van der Waals surface area (Å²) in [5.74, 6) is -1.89. The first kappa shape index (κ1) is 20.4. The van der Waals surface area contributed by atoms with Gasteiger partial charge in [-0.05, 0) is 31.0 Å². The minimum absolute atomic E-state index is 0.00821. The van der Waals surface area contributed by atoms with Gasteiger partial charge in [-0.3, -0.25) is 9.78 Å². The molecule has 0 saturated carbocycles. The first-order chi connectivity index (χ1) is 14.4. The van der Waals surface area contributed by atoms with Crippen molar-refractivity contribution in [2.75, 3.05) is 23.7 Å². The number of nitrogens with zero attached hydrogens (tertiary/aromatic N) is 3. The number of ketones is 1. The number of piperidine rings is 1. The number of rotatable bonds is 5. The lowest BCUT2D eigenvalue weighted by Gasteiger charge is -2.33. The van der Waals surface area contributed by atoms with E-state index in [-0.39, 0.29) is 33.5 Å². The highest BCUT2D eigenvalue weighted by atomic mass is 32.1. The number of hydrogen-bond acceptors (Lipinski definition) is 7. The number of carbonyl (C=O) groups excluding carboxylic acids is 1. The van der Waals surface area contributed by atoms with Gasteiger partial charge in [0.1, 0.15) is 27.3 Å². The molecule has 0 spiro atoms.